The molecule has 3 heterocycles. The summed E-state index contributed by atoms with van der Waals surface area (Å²) in [6.07, 6.45) is 5.81. The van der Waals surface area contributed by atoms with E-state index >= 15 is 0 Å². The molecule has 100 valence electrons. The molecular formula is C14H18N4O. The van der Waals surface area contributed by atoms with Gasteiger partial charge in [0, 0.05) is 38.4 Å². The Morgan fingerprint density at radius 3 is 3.11 bits per heavy atom. The number of amides is 1. The van der Waals surface area contributed by atoms with Crippen LogP contribution in [0.15, 0.2) is 24.5 Å². The van der Waals surface area contributed by atoms with E-state index in [1.807, 2.05) is 36.9 Å². The molecule has 5 nitrogen and oxygen atoms in total. The maximum absolute atomic E-state index is 12.2. The number of carbonyl (C=O) groups excluding carboxylic acids is 1. The number of carbonyl (C=O) groups is 1. The molecule has 1 amide bonds. The van der Waals surface area contributed by atoms with Crippen molar-refractivity contribution in [2.75, 3.05) is 0 Å². The van der Waals surface area contributed by atoms with Gasteiger partial charge < -0.3 is 14.5 Å². The SMILES string of the molecule is Cc1cn2c(n1)CC[C@H](NC(=O)c1cccn1C)C2. The fraction of sp³-hybridized carbons (Fsp3) is 0.429. The minimum absolute atomic E-state index is 0.00205. The van der Waals surface area contributed by atoms with E-state index in [0.29, 0.717) is 5.69 Å². The summed E-state index contributed by atoms with van der Waals surface area (Å²) in [6, 6.07) is 3.90. The Morgan fingerprint density at radius 1 is 1.53 bits per heavy atom. The van der Waals surface area contributed by atoms with Crippen LogP contribution >= 0.6 is 0 Å². The third-order valence-corrected chi connectivity index (χ3v) is 3.62. The molecule has 19 heavy (non-hydrogen) atoms. The standard InChI is InChI=1S/C14H18N4O/c1-10-8-18-9-11(5-6-13(18)15-10)16-14(19)12-4-3-7-17(12)2/h3-4,7-8,11H,5-6,9H2,1-2H3,(H,16,19)/t11-/m0/s1. The molecule has 1 N–H and O–H groups in total. The molecule has 0 spiro atoms. The molecule has 0 aromatic carbocycles. The fourth-order valence-corrected chi connectivity index (χ4v) is 2.66. The number of hydrogen-bond acceptors (Lipinski definition) is 2. The van der Waals surface area contributed by atoms with E-state index in [0.717, 1.165) is 30.9 Å². The van der Waals surface area contributed by atoms with Gasteiger partial charge in [-0.05, 0) is 25.5 Å². The second-order valence-corrected chi connectivity index (χ2v) is 5.16. The molecule has 0 saturated heterocycles. The predicted octanol–water partition coefficient (Wildman–Crippen LogP) is 1.27. The number of aromatic nitrogens is 3. The number of nitrogens with one attached hydrogen (secondary N) is 1. The quantitative estimate of drug-likeness (QED) is 0.882. The molecule has 0 bridgehead atoms. The first kappa shape index (κ1) is 12.0. The van der Waals surface area contributed by atoms with Crippen molar-refractivity contribution in [3.8, 4) is 0 Å². The average molecular weight is 258 g/mol. The number of imidazole rings is 1. The number of rotatable bonds is 2. The molecule has 3 rings (SSSR count). The van der Waals surface area contributed by atoms with Gasteiger partial charge in [0.2, 0.25) is 0 Å². The van der Waals surface area contributed by atoms with Crippen LogP contribution in [-0.4, -0.2) is 26.1 Å². The second kappa shape index (κ2) is 4.57. The van der Waals surface area contributed by atoms with Crippen LogP contribution in [-0.2, 0) is 20.0 Å². The first-order chi connectivity index (χ1) is 9.13. The van der Waals surface area contributed by atoms with Crippen molar-refractivity contribution < 1.29 is 4.79 Å². The summed E-state index contributed by atoms with van der Waals surface area (Å²) in [5.74, 6) is 1.12. The maximum atomic E-state index is 12.2. The van der Waals surface area contributed by atoms with Gasteiger partial charge in [-0.1, -0.05) is 0 Å². The predicted molar refractivity (Wildman–Crippen MR) is 72.0 cm³/mol. The normalized spacial score (nSPS) is 18.1. The summed E-state index contributed by atoms with van der Waals surface area (Å²) in [5.41, 5.74) is 1.75. The smallest absolute Gasteiger partial charge is 0.268 e. The molecule has 2 aromatic heterocycles. The van der Waals surface area contributed by atoms with Gasteiger partial charge in [-0.15, -0.1) is 0 Å². The minimum Gasteiger partial charge on any atom is -0.347 e. The lowest BCUT2D eigenvalue weighted by Crippen LogP contribution is -2.41. The summed E-state index contributed by atoms with van der Waals surface area (Å²) >= 11 is 0. The van der Waals surface area contributed by atoms with E-state index in [4.69, 9.17) is 0 Å². The molecule has 1 aliphatic heterocycles. The molecule has 1 aliphatic rings. The van der Waals surface area contributed by atoms with Gasteiger partial charge in [-0.2, -0.15) is 0 Å². The Bertz CT molecular complexity index is 611. The highest BCUT2D eigenvalue weighted by atomic mass is 16.2. The Labute approximate surface area is 112 Å². The van der Waals surface area contributed by atoms with Crippen LogP contribution in [0.4, 0.5) is 0 Å². The van der Waals surface area contributed by atoms with Gasteiger partial charge in [-0.3, -0.25) is 4.79 Å². The van der Waals surface area contributed by atoms with Crippen molar-refractivity contribution in [1.29, 1.82) is 0 Å². The van der Waals surface area contributed by atoms with E-state index in [9.17, 15) is 4.79 Å². The molecular weight excluding hydrogens is 240 g/mol. The number of hydrogen-bond donors (Lipinski definition) is 1. The Morgan fingerprint density at radius 2 is 2.37 bits per heavy atom. The molecule has 0 aliphatic carbocycles. The van der Waals surface area contributed by atoms with Crippen LogP contribution < -0.4 is 5.32 Å². The topological polar surface area (TPSA) is 51.9 Å². The van der Waals surface area contributed by atoms with Crippen molar-refractivity contribution in [2.45, 2.75) is 32.4 Å². The van der Waals surface area contributed by atoms with E-state index in [1.165, 1.54) is 0 Å². The molecule has 0 saturated carbocycles. The monoisotopic (exact) mass is 258 g/mol. The minimum atomic E-state index is -0.00205. The molecule has 0 radical (unpaired) electrons. The number of aryl methyl sites for hydroxylation is 3. The number of fused-ring (bicyclic) bond motifs is 1. The maximum Gasteiger partial charge on any atom is 0.268 e. The Balaban J connectivity index is 1.69. The van der Waals surface area contributed by atoms with Crippen LogP contribution in [0.5, 0.6) is 0 Å². The van der Waals surface area contributed by atoms with Crippen molar-refractivity contribution >= 4 is 5.91 Å². The number of nitrogens with zero attached hydrogens (tertiary/aromatic N) is 3. The summed E-state index contributed by atoms with van der Waals surface area (Å²) in [5, 5.41) is 3.10. The van der Waals surface area contributed by atoms with Crippen LogP contribution in [0.25, 0.3) is 0 Å². The highest BCUT2D eigenvalue weighted by Crippen LogP contribution is 2.15. The van der Waals surface area contributed by atoms with Crippen LogP contribution in [0.3, 0.4) is 0 Å². The zero-order chi connectivity index (χ0) is 13.4. The van der Waals surface area contributed by atoms with Crippen molar-refractivity contribution in [3.05, 3.63) is 41.7 Å². The molecule has 2 aromatic rings. The lowest BCUT2D eigenvalue weighted by molar-refractivity contribution is 0.0919. The van der Waals surface area contributed by atoms with Gasteiger partial charge in [0.1, 0.15) is 11.5 Å². The van der Waals surface area contributed by atoms with E-state index < -0.39 is 0 Å². The highest BCUT2D eigenvalue weighted by Gasteiger charge is 2.22. The summed E-state index contributed by atoms with van der Waals surface area (Å²) < 4.78 is 3.99. The molecule has 0 fully saturated rings. The average Bonchev–Trinajstić information content (AvgIpc) is 2.93. The van der Waals surface area contributed by atoms with E-state index in [2.05, 4.69) is 21.1 Å². The van der Waals surface area contributed by atoms with Gasteiger partial charge in [0.25, 0.3) is 5.91 Å². The molecule has 0 unspecified atom stereocenters. The van der Waals surface area contributed by atoms with Crippen molar-refractivity contribution in [3.63, 3.8) is 0 Å². The van der Waals surface area contributed by atoms with E-state index in [-0.39, 0.29) is 11.9 Å². The van der Waals surface area contributed by atoms with Gasteiger partial charge in [0.15, 0.2) is 0 Å². The largest absolute Gasteiger partial charge is 0.347 e. The molecule has 1 atom stereocenters. The van der Waals surface area contributed by atoms with E-state index in [1.54, 1.807) is 0 Å². The van der Waals surface area contributed by atoms with Gasteiger partial charge >= 0.3 is 0 Å². The summed E-state index contributed by atoms with van der Waals surface area (Å²) in [4.78, 5) is 16.6. The fourth-order valence-electron chi connectivity index (χ4n) is 2.66. The Kier molecular flexibility index (Phi) is 2.89. The van der Waals surface area contributed by atoms with Crippen molar-refractivity contribution in [1.82, 2.24) is 19.4 Å². The first-order valence-corrected chi connectivity index (χ1v) is 6.58. The third kappa shape index (κ3) is 2.28. The second-order valence-electron chi connectivity index (χ2n) is 5.16. The van der Waals surface area contributed by atoms with Crippen LogP contribution in [0.1, 0.15) is 28.4 Å². The van der Waals surface area contributed by atoms with Crippen LogP contribution in [0, 0.1) is 6.92 Å². The van der Waals surface area contributed by atoms with Gasteiger partial charge in [-0.25, -0.2) is 4.98 Å². The third-order valence-electron chi connectivity index (χ3n) is 3.62. The lowest BCUT2D eigenvalue weighted by atomic mass is 10.1. The summed E-state index contributed by atoms with van der Waals surface area (Å²) in [7, 11) is 1.88. The van der Waals surface area contributed by atoms with Gasteiger partial charge in [0.05, 0.1) is 5.69 Å². The lowest BCUT2D eigenvalue weighted by Gasteiger charge is -2.24. The summed E-state index contributed by atoms with van der Waals surface area (Å²) in [6.45, 7) is 2.81. The Hall–Kier alpha value is -2.04. The molecule has 5 heteroatoms. The highest BCUT2D eigenvalue weighted by molar-refractivity contribution is 5.92. The van der Waals surface area contributed by atoms with Crippen molar-refractivity contribution in [2.24, 2.45) is 7.05 Å². The van der Waals surface area contributed by atoms with Crippen LogP contribution in [0.2, 0.25) is 0 Å². The zero-order valence-electron chi connectivity index (χ0n) is 11.3. The first-order valence-electron chi connectivity index (χ1n) is 6.58. The zero-order valence-corrected chi connectivity index (χ0v) is 11.3.